The number of nitriles is 1. The highest BCUT2D eigenvalue weighted by Crippen LogP contribution is 2.36. The van der Waals surface area contributed by atoms with E-state index >= 15 is 0 Å². The second-order valence-electron chi connectivity index (χ2n) is 4.76. The maximum Gasteiger partial charge on any atom is 0.326 e. The summed E-state index contributed by atoms with van der Waals surface area (Å²) in [6, 6.07) is 10.2. The van der Waals surface area contributed by atoms with Gasteiger partial charge in [-0.25, -0.2) is 4.79 Å². The third kappa shape index (κ3) is 2.71. The van der Waals surface area contributed by atoms with Crippen LogP contribution in [0.25, 0.3) is 10.2 Å². The molecule has 3 aromatic rings. The molecule has 5 nitrogen and oxygen atoms in total. The monoisotopic (exact) mass is 329 g/mol. The van der Waals surface area contributed by atoms with Crippen molar-refractivity contribution in [3.63, 3.8) is 0 Å². The molecule has 7 heteroatoms. The second-order valence-corrected chi connectivity index (χ2v) is 7.03. The van der Waals surface area contributed by atoms with Gasteiger partial charge in [0.05, 0.1) is 9.73 Å². The van der Waals surface area contributed by atoms with E-state index in [-0.39, 0.29) is 0 Å². The van der Waals surface area contributed by atoms with Crippen LogP contribution in [-0.4, -0.2) is 9.97 Å². The number of thioether (sulfide) groups is 1. The first kappa shape index (κ1) is 14.6. The van der Waals surface area contributed by atoms with Crippen molar-refractivity contribution in [3.05, 3.63) is 61.8 Å². The highest BCUT2D eigenvalue weighted by molar-refractivity contribution is 8.00. The number of rotatable bonds is 3. The van der Waals surface area contributed by atoms with E-state index in [1.807, 2.05) is 31.2 Å². The second kappa shape index (κ2) is 5.83. The molecule has 0 unspecified atom stereocenters. The molecular weight excluding hydrogens is 318 g/mol. The summed E-state index contributed by atoms with van der Waals surface area (Å²) < 4.78 is 1.12. The Labute approximate surface area is 133 Å². The van der Waals surface area contributed by atoms with E-state index in [4.69, 9.17) is 0 Å². The van der Waals surface area contributed by atoms with Gasteiger partial charge in [-0.05, 0) is 12.5 Å². The van der Waals surface area contributed by atoms with E-state index in [0.717, 1.165) is 9.77 Å². The van der Waals surface area contributed by atoms with Crippen molar-refractivity contribution in [1.29, 1.82) is 5.26 Å². The Morgan fingerprint density at radius 3 is 2.64 bits per heavy atom. The standard InChI is InChI=1S/C15H11N3O2S2/c1-8-2-4-9(5-3-8)7-21-14-10(6-16)11-12(22-14)13(19)18-15(20)17-11/h2-5H,7H2,1H3,(H2,17,18,19,20). The van der Waals surface area contributed by atoms with Crippen LogP contribution in [-0.2, 0) is 5.75 Å². The van der Waals surface area contributed by atoms with Crippen LogP contribution in [0, 0.1) is 18.3 Å². The molecule has 0 spiro atoms. The molecule has 2 N–H and O–H groups in total. The third-order valence-electron chi connectivity index (χ3n) is 3.15. The molecule has 2 heterocycles. The molecule has 0 fully saturated rings. The number of aromatic amines is 2. The summed E-state index contributed by atoms with van der Waals surface area (Å²) in [6.07, 6.45) is 0. The maximum atomic E-state index is 11.8. The zero-order chi connectivity index (χ0) is 15.7. The van der Waals surface area contributed by atoms with Crippen LogP contribution in [0.5, 0.6) is 0 Å². The summed E-state index contributed by atoms with van der Waals surface area (Å²) in [6.45, 7) is 2.03. The van der Waals surface area contributed by atoms with Crippen molar-refractivity contribution < 1.29 is 0 Å². The number of benzene rings is 1. The fourth-order valence-corrected chi connectivity index (χ4v) is 4.31. The van der Waals surface area contributed by atoms with E-state index in [0.29, 0.717) is 21.5 Å². The fourth-order valence-electron chi connectivity index (χ4n) is 2.03. The normalized spacial score (nSPS) is 10.7. The number of H-pyrrole nitrogens is 2. The van der Waals surface area contributed by atoms with Gasteiger partial charge in [0.1, 0.15) is 16.3 Å². The van der Waals surface area contributed by atoms with Crippen LogP contribution in [0.1, 0.15) is 16.7 Å². The number of nitrogens with one attached hydrogen (secondary N) is 2. The first-order valence-electron chi connectivity index (χ1n) is 6.46. The molecule has 0 atom stereocenters. The minimum absolute atomic E-state index is 0.327. The Hall–Kier alpha value is -2.30. The van der Waals surface area contributed by atoms with Crippen LogP contribution in [0.15, 0.2) is 38.1 Å². The Balaban J connectivity index is 1.99. The number of thiophene rings is 1. The molecule has 0 radical (unpaired) electrons. The fraction of sp³-hybridized carbons (Fsp3) is 0.133. The van der Waals surface area contributed by atoms with Crippen molar-refractivity contribution >= 4 is 33.3 Å². The van der Waals surface area contributed by atoms with Crippen molar-refractivity contribution in [2.24, 2.45) is 0 Å². The molecule has 0 aliphatic rings. The largest absolute Gasteiger partial charge is 0.326 e. The minimum atomic E-state index is -0.595. The number of aromatic nitrogens is 2. The lowest BCUT2D eigenvalue weighted by atomic mass is 10.2. The summed E-state index contributed by atoms with van der Waals surface area (Å²) in [5, 5.41) is 9.33. The Kier molecular flexibility index (Phi) is 3.88. The van der Waals surface area contributed by atoms with Crippen LogP contribution < -0.4 is 11.2 Å². The van der Waals surface area contributed by atoms with E-state index in [9.17, 15) is 14.9 Å². The predicted octanol–water partition coefficient (Wildman–Crippen LogP) is 2.75. The molecular formula is C15H11N3O2S2. The molecule has 1 aromatic carbocycles. The number of aryl methyl sites for hydroxylation is 1. The van der Waals surface area contributed by atoms with Gasteiger partial charge in [0.15, 0.2) is 0 Å². The van der Waals surface area contributed by atoms with E-state index in [1.54, 1.807) is 0 Å². The molecule has 0 aliphatic carbocycles. The van der Waals surface area contributed by atoms with Crippen molar-refractivity contribution in [2.45, 2.75) is 16.9 Å². The summed E-state index contributed by atoms with van der Waals surface area (Å²) in [4.78, 5) is 27.9. The lowest BCUT2D eigenvalue weighted by molar-refractivity contribution is 1.08. The van der Waals surface area contributed by atoms with Gasteiger partial charge in [-0.3, -0.25) is 9.78 Å². The van der Waals surface area contributed by atoms with E-state index in [2.05, 4.69) is 16.0 Å². The zero-order valence-electron chi connectivity index (χ0n) is 11.6. The summed E-state index contributed by atoms with van der Waals surface area (Å²) in [5.74, 6) is 0.698. The molecule has 0 bridgehead atoms. The summed E-state index contributed by atoms with van der Waals surface area (Å²) in [5.41, 5.74) is 1.97. The molecule has 0 saturated carbocycles. The molecule has 0 saturated heterocycles. The average Bonchev–Trinajstić information content (AvgIpc) is 2.84. The first-order chi connectivity index (χ1) is 10.6. The minimum Gasteiger partial charge on any atom is -0.305 e. The van der Waals surface area contributed by atoms with E-state index < -0.39 is 11.2 Å². The summed E-state index contributed by atoms with van der Waals surface area (Å²) in [7, 11) is 0. The maximum absolute atomic E-state index is 11.8. The molecule has 110 valence electrons. The Morgan fingerprint density at radius 1 is 1.23 bits per heavy atom. The van der Waals surface area contributed by atoms with Gasteiger partial charge in [0, 0.05) is 5.75 Å². The van der Waals surface area contributed by atoms with Crippen molar-refractivity contribution in [1.82, 2.24) is 9.97 Å². The number of hydrogen-bond acceptors (Lipinski definition) is 5. The number of nitrogens with zero attached hydrogens (tertiary/aromatic N) is 1. The van der Waals surface area contributed by atoms with Crippen LogP contribution in [0.3, 0.4) is 0 Å². The third-order valence-corrected chi connectivity index (χ3v) is 5.68. The quantitative estimate of drug-likeness (QED) is 0.723. The van der Waals surface area contributed by atoms with Crippen molar-refractivity contribution in [3.8, 4) is 6.07 Å². The Morgan fingerprint density at radius 2 is 1.95 bits per heavy atom. The van der Waals surface area contributed by atoms with Crippen LogP contribution >= 0.6 is 23.1 Å². The topological polar surface area (TPSA) is 89.5 Å². The zero-order valence-corrected chi connectivity index (χ0v) is 13.2. The van der Waals surface area contributed by atoms with Gasteiger partial charge >= 0.3 is 5.69 Å². The SMILES string of the molecule is Cc1ccc(CSc2sc3c(=O)[nH]c(=O)[nH]c3c2C#N)cc1. The molecule has 22 heavy (non-hydrogen) atoms. The molecule has 2 aromatic heterocycles. The summed E-state index contributed by atoms with van der Waals surface area (Å²) >= 11 is 2.72. The molecule has 3 rings (SSSR count). The smallest absolute Gasteiger partial charge is 0.305 e. The highest BCUT2D eigenvalue weighted by Gasteiger charge is 2.16. The van der Waals surface area contributed by atoms with Gasteiger partial charge in [-0.1, -0.05) is 29.8 Å². The number of fused-ring (bicyclic) bond motifs is 1. The van der Waals surface area contributed by atoms with Gasteiger partial charge < -0.3 is 4.98 Å². The van der Waals surface area contributed by atoms with Gasteiger partial charge in [0.25, 0.3) is 5.56 Å². The average molecular weight is 329 g/mol. The lowest BCUT2D eigenvalue weighted by Crippen LogP contribution is -2.20. The van der Waals surface area contributed by atoms with Gasteiger partial charge in [-0.15, -0.1) is 23.1 Å². The Bertz CT molecular complexity index is 991. The molecule has 0 aliphatic heterocycles. The lowest BCUT2D eigenvalue weighted by Gasteiger charge is -2.00. The van der Waals surface area contributed by atoms with Crippen LogP contribution in [0.4, 0.5) is 0 Å². The number of hydrogen-bond donors (Lipinski definition) is 2. The van der Waals surface area contributed by atoms with Crippen molar-refractivity contribution in [2.75, 3.05) is 0 Å². The molecule has 0 amide bonds. The predicted molar refractivity (Wildman–Crippen MR) is 88.5 cm³/mol. The first-order valence-corrected chi connectivity index (χ1v) is 8.26. The van der Waals surface area contributed by atoms with E-state index in [1.165, 1.54) is 28.7 Å². The highest BCUT2D eigenvalue weighted by atomic mass is 32.2. The van der Waals surface area contributed by atoms with Gasteiger partial charge in [0.2, 0.25) is 0 Å². The van der Waals surface area contributed by atoms with Gasteiger partial charge in [-0.2, -0.15) is 5.26 Å². The van der Waals surface area contributed by atoms with Crippen LogP contribution in [0.2, 0.25) is 0 Å².